The first-order valence-electron chi connectivity index (χ1n) is 6.91. The Kier molecular flexibility index (Phi) is 5.45. The van der Waals surface area contributed by atoms with E-state index in [9.17, 15) is 0 Å². The lowest BCUT2D eigenvalue weighted by Crippen LogP contribution is -2.05. The van der Waals surface area contributed by atoms with Crippen LogP contribution in [-0.4, -0.2) is 13.7 Å². The molecule has 0 aromatic heterocycles. The predicted molar refractivity (Wildman–Crippen MR) is 85.4 cm³/mol. The van der Waals surface area contributed by atoms with Crippen molar-refractivity contribution >= 4 is 11.6 Å². The number of hydrogen-bond acceptors (Lipinski definition) is 2. The zero-order valence-corrected chi connectivity index (χ0v) is 12.7. The highest BCUT2D eigenvalue weighted by Gasteiger charge is 2.08. The molecule has 2 rings (SSSR count). The van der Waals surface area contributed by atoms with E-state index in [2.05, 4.69) is 30.4 Å². The summed E-state index contributed by atoms with van der Waals surface area (Å²) in [6, 6.07) is 14.2. The van der Waals surface area contributed by atoms with Gasteiger partial charge in [0.1, 0.15) is 5.75 Å². The Morgan fingerprint density at radius 3 is 2.65 bits per heavy atom. The summed E-state index contributed by atoms with van der Waals surface area (Å²) in [6.45, 7) is 3.60. The van der Waals surface area contributed by atoms with Gasteiger partial charge >= 0.3 is 0 Å². The van der Waals surface area contributed by atoms with Gasteiger partial charge in [-0.3, -0.25) is 0 Å². The molecule has 0 saturated carbocycles. The minimum atomic E-state index is 0.725. The van der Waals surface area contributed by atoms with Gasteiger partial charge < -0.3 is 10.1 Å². The van der Waals surface area contributed by atoms with Crippen molar-refractivity contribution < 1.29 is 4.74 Å². The second-order valence-electron chi connectivity index (χ2n) is 4.68. The molecule has 3 heteroatoms. The molecule has 0 saturated heterocycles. The number of hydrogen-bond donors (Lipinski definition) is 1. The lowest BCUT2D eigenvalue weighted by molar-refractivity contribution is 0.318. The van der Waals surface area contributed by atoms with Gasteiger partial charge in [0.15, 0.2) is 0 Å². The van der Waals surface area contributed by atoms with E-state index in [4.69, 9.17) is 16.3 Å². The van der Waals surface area contributed by atoms with Crippen LogP contribution >= 0.6 is 11.6 Å². The third-order valence-electron chi connectivity index (χ3n) is 3.08. The van der Waals surface area contributed by atoms with E-state index in [0.29, 0.717) is 0 Å². The molecule has 0 aliphatic rings. The average molecular weight is 290 g/mol. The normalized spacial score (nSPS) is 10.6. The first-order chi connectivity index (χ1) is 9.76. The second-order valence-corrected chi connectivity index (χ2v) is 5.09. The molecule has 0 unspecified atom stereocenters. The molecule has 0 aliphatic heterocycles. The monoisotopic (exact) mass is 289 g/mol. The lowest BCUT2D eigenvalue weighted by atomic mass is 10.0. The van der Waals surface area contributed by atoms with Crippen LogP contribution in [-0.2, 0) is 6.54 Å². The molecule has 0 heterocycles. The fraction of sp³-hybridized carbons (Fsp3) is 0.294. The fourth-order valence-corrected chi connectivity index (χ4v) is 2.34. The van der Waals surface area contributed by atoms with Crippen LogP contribution < -0.4 is 10.1 Å². The molecule has 2 nitrogen and oxygen atoms in total. The Morgan fingerprint density at radius 1 is 1.15 bits per heavy atom. The number of ether oxygens (including phenoxy) is 1. The lowest BCUT2D eigenvalue weighted by Gasteiger charge is -2.12. The van der Waals surface area contributed by atoms with Gasteiger partial charge in [0.05, 0.1) is 6.61 Å². The summed E-state index contributed by atoms with van der Waals surface area (Å²) in [5.41, 5.74) is 3.27. The van der Waals surface area contributed by atoms with E-state index in [1.807, 2.05) is 31.3 Å². The number of nitrogens with one attached hydrogen (secondary N) is 1. The van der Waals surface area contributed by atoms with Crippen LogP contribution in [0.2, 0.25) is 5.02 Å². The Labute approximate surface area is 125 Å². The number of benzene rings is 2. The maximum absolute atomic E-state index is 6.33. The van der Waals surface area contributed by atoms with E-state index >= 15 is 0 Å². The Morgan fingerprint density at radius 2 is 1.95 bits per heavy atom. The van der Waals surface area contributed by atoms with Crippen LogP contribution in [0.4, 0.5) is 0 Å². The molecule has 0 bridgehead atoms. The molecule has 0 fully saturated rings. The molecule has 0 amide bonds. The molecule has 106 valence electrons. The van der Waals surface area contributed by atoms with Crippen molar-refractivity contribution in [3.8, 4) is 16.9 Å². The van der Waals surface area contributed by atoms with Crippen LogP contribution in [0.5, 0.6) is 5.75 Å². The minimum Gasteiger partial charge on any atom is -0.493 e. The van der Waals surface area contributed by atoms with Crippen molar-refractivity contribution in [2.24, 2.45) is 0 Å². The topological polar surface area (TPSA) is 21.3 Å². The summed E-state index contributed by atoms with van der Waals surface area (Å²) in [6.07, 6.45) is 0.996. The zero-order valence-electron chi connectivity index (χ0n) is 11.9. The maximum Gasteiger partial charge on any atom is 0.127 e. The Bertz CT molecular complexity index is 569. The Balaban J connectivity index is 2.33. The quantitative estimate of drug-likeness (QED) is 0.844. The van der Waals surface area contributed by atoms with E-state index in [-0.39, 0.29) is 0 Å². The van der Waals surface area contributed by atoms with Crippen molar-refractivity contribution in [3.05, 3.63) is 53.1 Å². The number of para-hydroxylation sites is 1. The van der Waals surface area contributed by atoms with Crippen molar-refractivity contribution in [3.63, 3.8) is 0 Å². The third-order valence-corrected chi connectivity index (χ3v) is 3.43. The van der Waals surface area contributed by atoms with Crippen molar-refractivity contribution in [2.75, 3.05) is 13.7 Å². The number of halogens is 1. The zero-order chi connectivity index (χ0) is 14.4. The molecule has 0 atom stereocenters. The summed E-state index contributed by atoms with van der Waals surface area (Å²) in [5.74, 6) is 0.909. The van der Waals surface area contributed by atoms with E-state index in [1.165, 1.54) is 0 Å². The van der Waals surface area contributed by atoms with Crippen molar-refractivity contribution in [1.29, 1.82) is 0 Å². The van der Waals surface area contributed by atoms with Crippen LogP contribution in [0.25, 0.3) is 11.1 Å². The second kappa shape index (κ2) is 7.32. The summed E-state index contributed by atoms with van der Waals surface area (Å²) in [7, 11) is 1.91. The number of rotatable bonds is 6. The van der Waals surface area contributed by atoms with E-state index < -0.39 is 0 Å². The molecular weight excluding hydrogens is 270 g/mol. The van der Waals surface area contributed by atoms with Gasteiger partial charge in [0, 0.05) is 17.1 Å². The van der Waals surface area contributed by atoms with E-state index in [0.717, 1.165) is 47.0 Å². The Hall–Kier alpha value is -1.51. The molecular formula is C17H20ClNO. The highest BCUT2D eigenvalue weighted by Crippen LogP contribution is 2.32. The third kappa shape index (κ3) is 3.53. The molecule has 0 radical (unpaired) electrons. The van der Waals surface area contributed by atoms with Crippen LogP contribution in [0.3, 0.4) is 0 Å². The summed E-state index contributed by atoms with van der Waals surface area (Å²) < 4.78 is 5.80. The molecule has 20 heavy (non-hydrogen) atoms. The highest BCUT2D eigenvalue weighted by molar-refractivity contribution is 6.31. The van der Waals surface area contributed by atoms with Crippen LogP contribution in [0, 0.1) is 0 Å². The van der Waals surface area contributed by atoms with Gasteiger partial charge in [-0.05, 0) is 36.7 Å². The van der Waals surface area contributed by atoms with Crippen LogP contribution in [0.15, 0.2) is 42.5 Å². The SMILES string of the molecule is CCCOc1ccccc1-c1ccc(CNC)c(Cl)c1. The summed E-state index contributed by atoms with van der Waals surface area (Å²) in [5, 5.41) is 3.89. The fourth-order valence-electron chi connectivity index (χ4n) is 2.09. The summed E-state index contributed by atoms with van der Waals surface area (Å²) in [4.78, 5) is 0. The predicted octanol–water partition coefficient (Wildman–Crippen LogP) is 4.52. The van der Waals surface area contributed by atoms with E-state index in [1.54, 1.807) is 0 Å². The minimum absolute atomic E-state index is 0.725. The first kappa shape index (κ1) is 14.9. The van der Waals surface area contributed by atoms with Crippen LogP contribution in [0.1, 0.15) is 18.9 Å². The molecule has 0 aliphatic carbocycles. The first-order valence-corrected chi connectivity index (χ1v) is 7.29. The van der Waals surface area contributed by atoms with Gasteiger partial charge in [-0.25, -0.2) is 0 Å². The van der Waals surface area contributed by atoms with Crippen molar-refractivity contribution in [1.82, 2.24) is 5.32 Å². The van der Waals surface area contributed by atoms with Gasteiger partial charge in [0.2, 0.25) is 0 Å². The molecule has 2 aromatic carbocycles. The molecule has 1 N–H and O–H groups in total. The molecule has 2 aromatic rings. The van der Waals surface area contributed by atoms with Gasteiger partial charge in [-0.1, -0.05) is 48.9 Å². The molecule has 0 spiro atoms. The van der Waals surface area contributed by atoms with Gasteiger partial charge in [-0.2, -0.15) is 0 Å². The van der Waals surface area contributed by atoms with Gasteiger partial charge in [0.25, 0.3) is 0 Å². The van der Waals surface area contributed by atoms with Crippen molar-refractivity contribution in [2.45, 2.75) is 19.9 Å². The largest absolute Gasteiger partial charge is 0.493 e. The smallest absolute Gasteiger partial charge is 0.127 e. The summed E-state index contributed by atoms with van der Waals surface area (Å²) >= 11 is 6.33. The highest BCUT2D eigenvalue weighted by atomic mass is 35.5. The standard InChI is InChI=1S/C17H20ClNO/c1-3-10-20-17-7-5-4-6-15(17)13-8-9-14(12-19-2)16(18)11-13/h4-9,11,19H,3,10,12H2,1-2H3. The maximum atomic E-state index is 6.33. The average Bonchev–Trinajstić information content (AvgIpc) is 2.48. The van der Waals surface area contributed by atoms with Gasteiger partial charge in [-0.15, -0.1) is 0 Å².